The molecule has 1 unspecified atom stereocenters. The molecule has 4 heteroatoms. The zero-order chi connectivity index (χ0) is 16.7. The average Bonchev–Trinajstić information content (AvgIpc) is 2.61. The first-order valence-electron chi connectivity index (χ1n) is 9.31. The van der Waals surface area contributed by atoms with Crippen LogP contribution in [0, 0.1) is 12.8 Å². The van der Waals surface area contributed by atoms with E-state index in [1.54, 1.807) is 0 Å². The largest absolute Gasteiger partial charge is 0.332 e. The summed E-state index contributed by atoms with van der Waals surface area (Å²) in [5, 5.41) is 0. The van der Waals surface area contributed by atoms with Gasteiger partial charge in [0.2, 0.25) is 11.8 Å². The van der Waals surface area contributed by atoms with Crippen LogP contribution in [0.15, 0.2) is 18.2 Å². The Kier molecular flexibility index (Phi) is 4.07. The topological polar surface area (TPSA) is 40.6 Å². The van der Waals surface area contributed by atoms with Gasteiger partial charge in [-0.3, -0.25) is 9.59 Å². The van der Waals surface area contributed by atoms with Crippen molar-refractivity contribution in [1.29, 1.82) is 0 Å². The van der Waals surface area contributed by atoms with Crippen LogP contribution < -0.4 is 0 Å². The van der Waals surface area contributed by atoms with E-state index in [-0.39, 0.29) is 30.3 Å². The molecule has 1 aromatic carbocycles. The van der Waals surface area contributed by atoms with Gasteiger partial charge in [0.25, 0.3) is 0 Å². The van der Waals surface area contributed by atoms with Crippen molar-refractivity contribution in [3.63, 3.8) is 0 Å². The second-order valence-corrected chi connectivity index (χ2v) is 7.61. The van der Waals surface area contributed by atoms with Crippen LogP contribution in [0.25, 0.3) is 0 Å². The Bertz CT molecular complexity index is 664. The highest BCUT2D eigenvalue weighted by atomic mass is 16.2. The molecule has 0 bridgehead atoms. The molecule has 1 aliphatic carbocycles. The van der Waals surface area contributed by atoms with E-state index in [1.165, 1.54) is 23.1 Å². The standard InChI is InChI=1S/C20H26N2O2/c1-14-7-8-17-16(11-14)9-10-22-18(17)12-21(13-19(22)23)20(24)15-5-3-2-4-6-15/h7-8,11,15,18H,2-6,9-10,12-13H2,1H3. The van der Waals surface area contributed by atoms with Crippen molar-refractivity contribution in [3.8, 4) is 0 Å². The highest BCUT2D eigenvalue weighted by Crippen LogP contribution is 2.35. The fourth-order valence-electron chi connectivity index (χ4n) is 4.64. The zero-order valence-electron chi connectivity index (χ0n) is 14.5. The van der Waals surface area contributed by atoms with Crippen molar-refractivity contribution in [1.82, 2.24) is 9.80 Å². The van der Waals surface area contributed by atoms with Crippen molar-refractivity contribution in [2.24, 2.45) is 5.92 Å². The van der Waals surface area contributed by atoms with Crippen LogP contribution in [-0.4, -0.2) is 41.2 Å². The van der Waals surface area contributed by atoms with Gasteiger partial charge >= 0.3 is 0 Å². The summed E-state index contributed by atoms with van der Waals surface area (Å²) in [4.78, 5) is 29.4. The van der Waals surface area contributed by atoms with Gasteiger partial charge in [-0.25, -0.2) is 0 Å². The minimum absolute atomic E-state index is 0.0446. The number of nitrogens with zero attached hydrogens (tertiary/aromatic N) is 2. The molecule has 0 radical (unpaired) electrons. The molecular formula is C20H26N2O2. The molecule has 2 heterocycles. The van der Waals surface area contributed by atoms with Crippen molar-refractivity contribution >= 4 is 11.8 Å². The van der Waals surface area contributed by atoms with Gasteiger partial charge < -0.3 is 9.80 Å². The number of aryl methyl sites for hydroxylation is 1. The Hall–Kier alpha value is -1.84. The minimum atomic E-state index is 0.0446. The van der Waals surface area contributed by atoms with E-state index in [4.69, 9.17) is 0 Å². The maximum absolute atomic E-state index is 12.9. The first kappa shape index (κ1) is 15.7. The Labute approximate surface area is 143 Å². The monoisotopic (exact) mass is 326 g/mol. The third kappa shape index (κ3) is 2.72. The SMILES string of the molecule is Cc1ccc2c(c1)CCN1C(=O)CN(C(=O)C3CCCCC3)CC21. The molecular weight excluding hydrogens is 300 g/mol. The number of hydrogen-bond acceptors (Lipinski definition) is 2. The van der Waals surface area contributed by atoms with Crippen LogP contribution in [0.1, 0.15) is 54.8 Å². The van der Waals surface area contributed by atoms with Crippen LogP contribution >= 0.6 is 0 Å². The number of amides is 2. The van der Waals surface area contributed by atoms with E-state index in [0.29, 0.717) is 6.54 Å². The summed E-state index contributed by atoms with van der Waals surface area (Å²) in [7, 11) is 0. The summed E-state index contributed by atoms with van der Waals surface area (Å²) >= 11 is 0. The van der Waals surface area contributed by atoms with E-state index in [9.17, 15) is 9.59 Å². The van der Waals surface area contributed by atoms with Crippen LogP contribution in [0.2, 0.25) is 0 Å². The summed E-state index contributed by atoms with van der Waals surface area (Å²) in [5.74, 6) is 0.461. The van der Waals surface area contributed by atoms with Gasteiger partial charge in [-0.05, 0) is 37.3 Å². The van der Waals surface area contributed by atoms with Crippen molar-refractivity contribution in [2.45, 2.75) is 51.5 Å². The number of benzene rings is 1. The van der Waals surface area contributed by atoms with Crippen molar-refractivity contribution < 1.29 is 9.59 Å². The lowest BCUT2D eigenvalue weighted by atomic mass is 9.86. The highest BCUT2D eigenvalue weighted by molar-refractivity contribution is 5.87. The van der Waals surface area contributed by atoms with E-state index >= 15 is 0 Å². The van der Waals surface area contributed by atoms with Gasteiger partial charge in [0.15, 0.2) is 0 Å². The molecule has 0 N–H and O–H groups in total. The third-order valence-corrected chi connectivity index (χ3v) is 5.96. The number of fused-ring (bicyclic) bond motifs is 3. The van der Waals surface area contributed by atoms with E-state index in [0.717, 1.165) is 38.6 Å². The summed E-state index contributed by atoms with van der Waals surface area (Å²) in [5.41, 5.74) is 3.84. The predicted molar refractivity (Wildman–Crippen MR) is 92.5 cm³/mol. The zero-order valence-corrected chi connectivity index (χ0v) is 14.5. The van der Waals surface area contributed by atoms with Gasteiger partial charge in [0, 0.05) is 19.0 Å². The van der Waals surface area contributed by atoms with Gasteiger partial charge in [0.05, 0.1) is 12.6 Å². The maximum atomic E-state index is 12.9. The molecule has 1 saturated carbocycles. The quantitative estimate of drug-likeness (QED) is 0.796. The summed E-state index contributed by atoms with van der Waals surface area (Å²) < 4.78 is 0. The molecule has 1 aromatic rings. The molecule has 128 valence electrons. The van der Waals surface area contributed by atoms with Gasteiger partial charge in [0.1, 0.15) is 0 Å². The lowest BCUT2D eigenvalue weighted by Crippen LogP contribution is -2.56. The molecule has 2 amide bonds. The number of hydrogen-bond donors (Lipinski definition) is 0. The Morgan fingerprint density at radius 1 is 1.17 bits per heavy atom. The lowest BCUT2D eigenvalue weighted by Gasteiger charge is -2.45. The fourth-order valence-corrected chi connectivity index (χ4v) is 4.64. The normalized spacial score (nSPS) is 24.5. The van der Waals surface area contributed by atoms with Gasteiger partial charge in [-0.1, -0.05) is 43.0 Å². The van der Waals surface area contributed by atoms with Crippen molar-refractivity contribution in [3.05, 3.63) is 34.9 Å². The number of carbonyl (C=O) groups is 2. The molecule has 24 heavy (non-hydrogen) atoms. The van der Waals surface area contributed by atoms with E-state index < -0.39 is 0 Å². The lowest BCUT2D eigenvalue weighted by molar-refractivity contribution is -0.152. The second-order valence-electron chi connectivity index (χ2n) is 7.61. The number of piperazine rings is 1. The number of rotatable bonds is 1. The third-order valence-electron chi connectivity index (χ3n) is 5.96. The first-order chi connectivity index (χ1) is 11.6. The fraction of sp³-hybridized carbons (Fsp3) is 0.600. The predicted octanol–water partition coefficient (Wildman–Crippen LogP) is 2.84. The smallest absolute Gasteiger partial charge is 0.242 e. The molecule has 1 atom stereocenters. The molecule has 2 aliphatic heterocycles. The molecule has 0 aromatic heterocycles. The molecule has 2 fully saturated rings. The minimum Gasteiger partial charge on any atom is -0.332 e. The van der Waals surface area contributed by atoms with Crippen molar-refractivity contribution in [2.75, 3.05) is 19.6 Å². The maximum Gasteiger partial charge on any atom is 0.242 e. The Morgan fingerprint density at radius 3 is 2.75 bits per heavy atom. The highest BCUT2D eigenvalue weighted by Gasteiger charge is 2.39. The first-order valence-corrected chi connectivity index (χ1v) is 9.31. The van der Waals surface area contributed by atoms with Gasteiger partial charge in [-0.15, -0.1) is 0 Å². The van der Waals surface area contributed by atoms with Crippen LogP contribution in [-0.2, 0) is 16.0 Å². The summed E-state index contributed by atoms with van der Waals surface area (Å²) in [6.07, 6.45) is 6.45. The van der Waals surface area contributed by atoms with Crippen LogP contribution in [0.4, 0.5) is 0 Å². The Balaban J connectivity index is 1.58. The molecule has 4 nitrogen and oxygen atoms in total. The van der Waals surface area contributed by atoms with Crippen LogP contribution in [0.3, 0.4) is 0 Å². The van der Waals surface area contributed by atoms with E-state index in [1.807, 2.05) is 9.80 Å². The van der Waals surface area contributed by atoms with Crippen LogP contribution in [0.5, 0.6) is 0 Å². The Morgan fingerprint density at radius 2 is 1.96 bits per heavy atom. The summed E-state index contributed by atoms with van der Waals surface area (Å²) in [6, 6.07) is 6.56. The van der Waals surface area contributed by atoms with E-state index in [2.05, 4.69) is 25.1 Å². The molecule has 4 rings (SSSR count). The second kappa shape index (κ2) is 6.23. The average molecular weight is 326 g/mol. The number of carbonyl (C=O) groups excluding carboxylic acids is 2. The van der Waals surface area contributed by atoms with Gasteiger partial charge in [-0.2, -0.15) is 0 Å². The molecule has 1 saturated heterocycles. The molecule has 0 spiro atoms. The molecule has 3 aliphatic rings. The summed E-state index contributed by atoms with van der Waals surface area (Å²) in [6.45, 7) is 3.83.